The van der Waals surface area contributed by atoms with Crippen molar-refractivity contribution in [2.75, 3.05) is 25.4 Å². The summed E-state index contributed by atoms with van der Waals surface area (Å²) < 4.78 is 1.98. The van der Waals surface area contributed by atoms with E-state index in [0.717, 1.165) is 30.3 Å². The lowest BCUT2D eigenvalue weighted by Crippen LogP contribution is -2.34. The van der Waals surface area contributed by atoms with Crippen molar-refractivity contribution in [3.05, 3.63) is 24.0 Å². The molecule has 2 N–H and O–H groups in total. The molecule has 0 spiro atoms. The summed E-state index contributed by atoms with van der Waals surface area (Å²) >= 11 is 0. The van der Waals surface area contributed by atoms with Gasteiger partial charge in [0.1, 0.15) is 11.6 Å². The summed E-state index contributed by atoms with van der Waals surface area (Å²) in [6.45, 7) is 5.79. The summed E-state index contributed by atoms with van der Waals surface area (Å²) in [7, 11) is 0. The van der Waals surface area contributed by atoms with Crippen molar-refractivity contribution < 1.29 is 0 Å². The van der Waals surface area contributed by atoms with Crippen molar-refractivity contribution in [3.63, 3.8) is 0 Å². The van der Waals surface area contributed by atoms with Crippen LogP contribution >= 0.6 is 0 Å². The van der Waals surface area contributed by atoms with Crippen molar-refractivity contribution in [1.82, 2.24) is 19.5 Å². The lowest BCUT2D eigenvalue weighted by molar-refractivity contribution is 0.191. The van der Waals surface area contributed by atoms with Gasteiger partial charge in [0.05, 0.1) is 0 Å². The molecule has 0 aromatic carbocycles. The van der Waals surface area contributed by atoms with Crippen molar-refractivity contribution in [3.8, 4) is 0 Å². The third-order valence-electron chi connectivity index (χ3n) is 4.15. The molecule has 0 amide bonds. The van der Waals surface area contributed by atoms with Crippen molar-refractivity contribution in [2.45, 2.75) is 26.2 Å². The SMILES string of the molecule is CCN1CCC(Cc2nnc3cccc(N)n23)CC1. The van der Waals surface area contributed by atoms with Gasteiger partial charge in [-0.15, -0.1) is 10.2 Å². The quantitative estimate of drug-likeness (QED) is 0.909. The minimum atomic E-state index is 0.704. The average Bonchev–Trinajstić information content (AvgIpc) is 2.84. The molecule has 0 bridgehead atoms. The van der Waals surface area contributed by atoms with E-state index in [1.54, 1.807) is 0 Å². The van der Waals surface area contributed by atoms with Crippen LogP contribution in [0.5, 0.6) is 0 Å². The summed E-state index contributed by atoms with van der Waals surface area (Å²) in [5.74, 6) is 2.43. The Balaban J connectivity index is 1.75. The lowest BCUT2D eigenvalue weighted by atomic mass is 9.93. The standard InChI is InChI=1S/C14H21N5/c1-2-18-8-6-11(7-9-18)10-14-17-16-13-5-3-4-12(15)19(13)14/h3-5,11H,2,6-10,15H2,1H3. The van der Waals surface area contributed by atoms with Gasteiger partial charge in [-0.2, -0.15) is 0 Å². The number of nitrogens with zero attached hydrogens (tertiary/aromatic N) is 4. The Labute approximate surface area is 113 Å². The Morgan fingerprint density at radius 2 is 2.05 bits per heavy atom. The second-order valence-corrected chi connectivity index (χ2v) is 5.34. The maximum Gasteiger partial charge on any atom is 0.162 e. The van der Waals surface area contributed by atoms with E-state index in [-0.39, 0.29) is 0 Å². The van der Waals surface area contributed by atoms with Crippen LogP contribution in [0.3, 0.4) is 0 Å². The molecule has 1 fully saturated rings. The van der Waals surface area contributed by atoms with Crippen molar-refractivity contribution in [2.24, 2.45) is 5.92 Å². The van der Waals surface area contributed by atoms with E-state index in [0.29, 0.717) is 5.92 Å². The number of rotatable bonds is 3. The zero-order chi connectivity index (χ0) is 13.2. The lowest BCUT2D eigenvalue weighted by Gasteiger charge is -2.30. The number of hydrogen-bond donors (Lipinski definition) is 1. The first-order chi connectivity index (χ1) is 9.28. The first-order valence-electron chi connectivity index (χ1n) is 7.08. The van der Waals surface area contributed by atoms with Gasteiger partial charge in [-0.05, 0) is 50.5 Å². The Morgan fingerprint density at radius 1 is 1.26 bits per heavy atom. The molecular formula is C14H21N5. The number of nitrogen functional groups attached to an aromatic ring is 1. The van der Waals surface area contributed by atoms with Gasteiger partial charge in [0.15, 0.2) is 5.65 Å². The van der Waals surface area contributed by atoms with Crippen LogP contribution in [-0.2, 0) is 6.42 Å². The molecule has 19 heavy (non-hydrogen) atoms. The Hall–Kier alpha value is -1.62. The first kappa shape index (κ1) is 12.4. The van der Waals surface area contributed by atoms with Gasteiger partial charge in [0.2, 0.25) is 0 Å². The Kier molecular flexibility index (Phi) is 3.38. The monoisotopic (exact) mass is 259 g/mol. The van der Waals surface area contributed by atoms with E-state index in [2.05, 4.69) is 22.0 Å². The van der Waals surface area contributed by atoms with Gasteiger partial charge < -0.3 is 10.6 Å². The molecule has 1 aliphatic heterocycles. The molecule has 2 aromatic rings. The van der Waals surface area contributed by atoms with Crippen LogP contribution in [-0.4, -0.2) is 39.1 Å². The molecule has 0 saturated carbocycles. The predicted molar refractivity (Wildman–Crippen MR) is 75.9 cm³/mol. The highest BCUT2D eigenvalue weighted by molar-refractivity contribution is 5.47. The summed E-state index contributed by atoms with van der Waals surface area (Å²) in [5, 5.41) is 8.51. The molecule has 1 aliphatic rings. The van der Waals surface area contributed by atoms with Crippen LogP contribution in [0.15, 0.2) is 18.2 Å². The van der Waals surface area contributed by atoms with Crippen molar-refractivity contribution in [1.29, 1.82) is 0 Å². The highest BCUT2D eigenvalue weighted by Gasteiger charge is 2.20. The number of fused-ring (bicyclic) bond motifs is 1. The zero-order valence-corrected chi connectivity index (χ0v) is 11.4. The number of nitrogens with two attached hydrogens (primary N) is 1. The molecule has 2 aromatic heterocycles. The van der Waals surface area contributed by atoms with Gasteiger partial charge in [-0.3, -0.25) is 4.40 Å². The van der Waals surface area contributed by atoms with E-state index in [9.17, 15) is 0 Å². The van der Waals surface area contributed by atoms with Gasteiger partial charge >= 0.3 is 0 Å². The van der Waals surface area contributed by atoms with E-state index >= 15 is 0 Å². The van der Waals surface area contributed by atoms with Crippen LogP contribution in [0.25, 0.3) is 5.65 Å². The molecule has 1 saturated heterocycles. The van der Waals surface area contributed by atoms with Crippen LogP contribution in [0, 0.1) is 5.92 Å². The Morgan fingerprint density at radius 3 is 2.79 bits per heavy atom. The fraction of sp³-hybridized carbons (Fsp3) is 0.571. The minimum absolute atomic E-state index is 0.704. The summed E-state index contributed by atoms with van der Waals surface area (Å²) in [6.07, 6.45) is 3.47. The maximum absolute atomic E-state index is 6.02. The molecule has 3 heterocycles. The number of piperidine rings is 1. The number of pyridine rings is 1. The molecule has 0 unspecified atom stereocenters. The minimum Gasteiger partial charge on any atom is -0.385 e. The maximum atomic E-state index is 6.02. The molecule has 102 valence electrons. The molecule has 0 radical (unpaired) electrons. The number of hydrogen-bond acceptors (Lipinski definition) is 4. The van der Waals surface area contributed by atoms with Crippen LogP contribution in [0.2, 0.25) is 0 Å². The van der Waals surface area contributed by atoms with Gasteiger partial charge in [0, 0.05) is 6.42 Å². The third kappa shape index (κ3) is 2.42. The summed E-state index contributed by atoms with van der Waals surface area (Å²) in [6, 6.07) is 5.77. The van der Waals surface area contributed by atoms with Crippen LogP contribution in [0.1, 0.15) is 25.6 Å². The number of likely N-dealkylation sites (tertiary alicyclic amines) is 1. The number of aromatic nitrogens is 3. The highest BCUT2D eigenvalue weighted by atomic mass is 15.3. The largest absolute Gasteiger partial charge is 0.385 e. The molecule has 3 rings (SSSR count). The molecule has 0 aliphatic carbocycles. The third-order valence-corrected chi connectivity index (χ3v) is 4.15. The zero-order valence-electron chi connectivity index (χ0n) is 11.4. The topological polar surface area (TPSA) is 59.5 Å². The normalized spacial score (nSPS) is 18.2. The predicted octanol–water partition coefficient (Wildman–Crippen LogP) is 1.59. The van der Waals surface area contributed by atoms with Crippen LogP contribution < -0.4 is 5.73 Å². The fourth-order valence-corrected chi connectivity index (χ4v) is 2.92. The highest BCUT2D eigenvalue weighted by Crippen LogP contribution is 2.22. The molecule has 0 atom stereocenters. The van der Waals surface area contributed by atoms with E-state index < -0.39 is 0 Å². The second kappa shape index (κ2) is 5.17. The molecule has 5 heteroatoms. The second-order valence-electron chi connectivity index (χ2n) is 5.34. The molecular weight excluding hydrogens is 238 g/mol. The van der Waals surface area contributed by atoms with Gasteiger partial charge in [0.25, 0.3) is 0 Å². The van der Waals surface area contributed by atoms with E-state index in [1.165, 1.54) is 25.9 Å². The van der Waals surface area contributed by atoms with E-state index in [1.807, 2.05) is 22.6 Å². The van der Waals surface area contributed by atoms with Gasteiger partial charge in [-0.25, -0.2) is 0 Å². The average molecular weight is 259 g/mol. The van der Waals surface area contributed by atoms with Crippen LogP contribution in [0.4, 0.5) is 5.82 Å². The Bertz CT molecular complexity index is 554. The number of anilines is 1. The smallest absolute Gasteiger partial charge is 0.162 e. The summed E-state index contributed by atoms with van der Waals surface area (Å²) in [5.41, 5.74) is 6.87. The fourth-order valence-electron chi connectivity index (χ4n) is 2.92. The van der Waals surface area contributed by atoms with E-state index in [4.69, 9.17) is 5.73 Å². The van der Waals surface area contributed by atoms with Crippen molar-refractivity contribution >= 4 is 11.5 Å². The van der Waals surface area contributed by atoms with Gasteiger partial charge in [-0.1, -0.05) is 13.0 Å². The summed E-state index contributed by atoms with van der Waals surface area (Å²) in [4.78, 5) is 2.51. The first-order valence-corrected chi connectivity index (χ1v) is 7.08. The molecule has 5 nitrogen and oxygen atoms in total.